The summed E-state index contributed by atoms with van der Waals surface area (Å²) in [7, 11) is 1.83. The average molecular weight is 460 g/mol. The van der Waals surface area contributed by atoms with Gasteiger partial charge in [-0.3, -0.25) is 0 Å². The van der Waals surface area contributed by atoms with Crippen molar-refractivity contribution in [2.45, 2.75) is 36.8 Å². The summed E-state index contributed by atoms with van der Waals surface area (Å²) >= 11 is 3.66. The molecule has 0 amide bonds. The van der Waals surface area contributed by atoms with Crippen molar-refractivity contribution < 1.29 is 14.6 Å². The first-order valence-corrected chi connectivity index (χ1v) is 9.47. The van der Waals surface area contributed by atoms with Gasteiger partial charge in [-0.25, -0.2) is 9.78 Å². The van der Waals surface area contributed by atoms with E-state index in [0.29, 0.717) is 11.8 Å². The first-order chi connectivity index (χ1) is 11.2. The molecule has 1 aromatic heterocycles. The van der Waals surface area contributed by atoms with Gasteiger partial charge in [0.15, 0.2) is 10.9 Å². The maximum atomic E-state index is 11.8. The van der Waals surface area contributed by atoms with Crippen LogP contribution in [0.2, 0.25) is 0 Å². The van der Waals surface area contributed by atoms with Crippen LogP contribution in [0, 0.1) is 3.57 Å². The molecule has 130 valence electrons. The van der Waals surface area contributed by atoms with Crippen LogP contribution in [-0.2, 0) is 11.8 Å². The molecule has 0 radical (unpaired) electrons. The number of nitrogens with zero attached hydrogens (tertiary/aromatic N) is 2. The fourth-order valence-corrected chi connectivity index (χ4v) is 3.84. The third-order valence-corrected chi connectivity index (χ3v) is 5.48. The minimum atomic E-state index is -0.667. The Morgan fingerprint density at radius 2 is 2.21 bits per heavy atom. The van der Waals surface area contributed by atoms with Crippen molar-refractivity contribution in [3.63, 3.8) is 0 Å². The Kier molecular flexibility index (Phi) is 6.33. The Morgan fingerprint density at radius 3 is 2.83 bits per heavy atom. The predicted octanol–water partition coefficient (Wildman–Crippen LogP) is 3.81. The van der Waals surface area contributed by atoms with Crippen LogP contribution in [0.25, 0.3) is 0 Å². The Morgan fingerprint density at radius 1 is 1.50 bits per heavy atom. The highest BCUT2D eigenvalue weighted by Crippen LogP contribution is 2.41. The van der Waals surface area contributed by atoms with Crippen molar-refractivity contribution in [1.29, 1.82) is 0 Å². The third-order valence-electron chi connectivity index (χ3n) is 3.50. The van der Waals surface area contributed by atoms with Crippen molar-refractivity contribution in [3.8, 4) is 0 Å². The smallest absolute Gasteiger partial charge is 0.358 e. The first kappa shape index (κ1) is 19.3. The summed E-state index contributed by atoms with van der Waals surface area (Å²) in [6, 6.07) is 7.80. The first-order valence-electron chi connectivity index (χ1n) is 7.57. The molecule has 1 atom stereocenters. The van der Waals surface area contributed by atoms with Gasteiger partial charge in [0.1, 0.15) is 0 Å². The van der Waals surface area contributed by atoms with Crippen LogP contribution in [0.3, 0.4) is 0 Å². The quantitative estimate of drug-likeness (QED) is 0.404. The van der Waals surface area contributed by atoms with Crippen molar-refractivity contribution in [2.24, 2.45) is 7.05 Å². The minimum absolute atomic E-state index is 0.279. The summed E-state index contributed by atoms with van der Waals surface area (Å²) in [4.78, 5) is 16.2. The predicted molar refractivity (Wildman–Crippen MR) is 103 cm³/mol. The highest BCUT2D eigenvalue weighted by molar-refractivity contribution is 14.1. The molecule has 1 heterocycles. The van der Waals surface area contributed by atoms with E-state index in [1.807, 2.05) is 45.2 Å². The minimum Gasteiger partial charge on any atom is -0.461 e. The van der Waals surface area contributed by atoms with Gasteiger partial charge in [0.05, 0.1) is 12.7 Å². The lowest BCUT2D eigenvalue weighted by molar-refractivity contribution is 0.0519. The highest BCUT2D eigenvalue weighted by atomic mass is 127. The molecular formula is C17H21IN2O3S. The lowest BCUT2D eigenvalue weighted by Gasteiger charge is -2.29. The lowest BCUT2D eigenvalue weighted by Crippen LogP contribution is -2.26. The number of hydrogen-bond donors (Lipinski definition) is 1. The molecule has 0 bridgehead atoms. The summed E-state index contributed by atoms with van der Waals surface area (Å²) in [6.45, 7) is 5.99. The molecule has 0 fully saturated rings. The molecule has 0 saturated carbocycles. The number of aliphatic hydroxyl groups excluding tert-OH is 1. The number of aryl methyl sites for hydroxylation is 1. The summed E-state index contributed by atoms with van der Waals surface area (Å²) in [5, 5.41) is 11.4. The number of benzene rings is 1. The largest absolute Gasteiger partial charge is 0.461 e. The Bertz CT molecular complexity index is 730. The SMILES string of the molecule is CCOC(=O)c1cn(C)c(SC(C)(C)C(O)c2cccc(I)c2)n1. The third kappa shape index (κ3) is 4.52. The fraction of sp³-hybridized carbons (Fsp3) is 0.412. The van der Waals surface area contributed by atoms with E-state index in [4.69, 9.17) is 4.74 Å². The van der Waals surface area contributed by atoms with Gasteiger partial charge >= 0.3 is 5.97 Å². The monoisotopic (exact) mass is 460 g/mol. The number of ether oxygens (including phenoxy) is 1. The van der Waals surface area contributed by atoms with E-state index in [0.717, 1.165) is 9.13 Å². The molecule has 0 aliphatic rings. The normalized spacial score (nSPS) is 12.9. The maximum Gasteiger partial charge on any atom is 0.358 e. The second kappa shape index (κ2) is 7.88. The number of aliphatic hydroxyl groups is 1. The number of rotatable bonds is 6. The van der Waals surface area contributed by atoms with Crippen molar-refractivity contribution >= 4 is 40.3 Å². The van der Waals surface area contributed by atoms with Gasteiger partial charge in [0.2, 0.25) is 0 Å². The fourth-order valence-electron chi connectivity index (χ4n) is 2.22. The average Bonchev–Trinajstić information content (AvgIpc) is 2.87. The number of halogens is 1. The Balaban J connectivity index is 2.21. The zero-order valence-corrected chi connectivity index (χ0v) is 17.1. The van der Waals surface area contributed by atoms with E-state index in [9.17, 15) is 9.90 Å². The molecular weight excluding hydrogens is 439 g/mol. The molecule has 1 aromatic carbocycles. The zero-order valence-electron chi connectivity index (χ0n) is 14.1. The van der Waals surface area contributed by atoms with Crippen LogP contribution in [0.15, 0.2) is 35.6 Å². The molecule has 0 aliphatic heterocycles. The van der Waals surface area contributed by atoms with Gasteiger partial charge in [0.25, 0.3) is 0 Å². The molecule has 1 unspecified atom stereocenters. The number of carbonyl (C=O) groups excluding carboxylic acids is 1. The molecule has 0 saturated heterocycles. The van der Waals surface area contributed by atoms with Crippen LogP contribution in [0.4, 0.5) is 0 Å². The summed E-state index contributed by atoms with van der Waals surface area (Å²) < 4.78 is 7.32. The van der Waals surface area contributed by atoms with Crippen LogP contribution in [0.1, 0.15) is 42.9 Å². The van der Waals surface area contributed by atoms with E-state index in [1.54, 1.807) is 17.7 Å². The summed E-state index contributed by atoms with van der Waals surface area (Å²) in [5.74, 6) is -0.434. The number of imidazole rings is 1. The van der Waals surface area contributed by atoms with Gasteiger partial charge < -0.3 is 14.4 Å². The molecule has 24 heavy (non-hydrogen) atoms. The van der Waals surface area contributed by atoms with Crippen LogP contribution in [0.5, 0.6) is 0 Å². The van der Waals surface area contributed by atoms with Crippen LogP contribution in [-0.4, -0.2) is 32.0 Å². The second-order valence-corrected chi connectivity index (χ2v) is 8.77. The molecule has 0 spiro atoms. The second-order valence-electron chi connectivity index (χ2n) is 5.90. The summed E-state index contributed by atoms with van der Waals surface area (Å²) in [5.41, 5.74) is 1.14. The maximum absolute atomic E-state index is 11.8. The zero-order chi connectivity index (χ0) is 17.9. The van der Waals surface area contributed by atoms with E-state index < -0.39 is 16.8 Å². The van der Waals surface area contributed by atoms with Crippen LogP contribution < -0.4 is 0 Å². The molecule has 2 aromatic rings. The topological polar surface area (TPSA) is 64.3 Å². The van der Waals surface area contributed by atoms with Crippen LogP contribution >= 0.6 is 34.4 Å². The molecule has 0 aliphatic carbocycles. The highest BCUT2D eigenvalue weighted by Gasteiger charge is 2.32. The van der Waals surface area contributed by atoms with E-state index in [2.05, 4.69) is 27.6 Å². The Hall–Kier alpha value is -1.06. The molecule has 1 N–H and O–H groups in total. The van der Waals surface area contributed by atoms with Gasteiger partial charge in [-0.1, -0.05) is 23.9 Å². The standard InChI is InChI=1S/C17H21IN2O3S/c1-5-23-15(22)13-10-20(4)16(19-13)24-17(2,3)14(21)11-7-6-8-12(18)9-11/h6-10,14,21H,5H2,1-4H3. The number of thioether (sulfide) groups is 1. The van der Waals surface area contributed by atoms with E-state index >= 15 is 0 Å². The van der Waals surface area contributed by atoms with Crippen molar-refractivity contribution in [2.75, 3.05) is 6.61 Å². The number of carbonyl (C=O) groups is 1. The van der Waals surface area contributed by atoms with E-state index in [-0.39, 0.29) is 5.69 Å². The molecule has 5 nitrogen and oxygen atoms in total. The Labute approximate surface area is 160 Å². The number of aromatic nitrogens is 2. The van der Waals surface area contributed by atoms with E-state index in [1.165, 1.54) is 11.8 Å². The number of esters is 1. The lowest BCUT2D eigenvalue weighted by atomic mass is 9.98. The molecule has 2 rings (SSSR count). The van der Waals surface area contributed by atoms with Gasteiger partial charge in [0, 0.05) is 21.6 Å². The van der Waals surface area contributed by atoms with Gasteiger partial charge in [-0.2, -0.15) is 0 Å². The van der Waals surface area contributed by atoms with Crippen molar-refractivity contribution in [3.05, 3.63) is 45.3 Å². The summed E-state index contributed by atoms with van der Waals surface area (Å²) in [6.07, 6.45) is 0.980. The van der Waals surface area contributed by atoms with Gasteiger partial charge in [-0.15, -0.1) is 0 Å². The van der Waals surface area contributed by atoms with Crippen molar-refractivity contribution in [1.82, 2.24) is 9.55 Å². The number of hydrogen-bond acceptors (Lipinski definition) is 5. The molecule has 7 heteroatoms. The van der Waals surface area contributed by atoms with Gasteiger partial charge in [-0.05, 0) is 61.1 Å².